The summed E-state index contributed by atoms with van der Waals surface area (Å²) >= 11 is 6.30. The van der Waals surface area contributed by atoms with Gasteiger partial charge in [-0.15, -0.1) is 0 Å². The number of rotatable bonds is 7. The molecule has 1 aliphatic rings. The molecule has 0 aliphatic carbocycles. The molecule has 27 heavy (non-hydrogen) atoms. The zero-order valence-corrected chi connectivity index (χ0v) is 17.1. The highest BCUT2D eigenvalue weighted by Gasteiger charge is 2.29. The van der Waals surface area contributed by atoms with Gasteiger partial charge in [0.25, 0.3) is 0 Å². The topological polar surface area (TPSA) is 72.9 Å². The minimum atomic E-state index is -0.807. The second-order valence-electron chi connectivity index (χ2n) is 7.70. The first kappa shape index (κ1) is 21.5. The molecule has 6 nitrogen and oxygen atoms in total. The fraction of sp³-hybridized carbons (Fsp3) is 0.600. The van der Waals surface area contributed by atoms with E-state index in [1.165, 1.54) is 0 Å². The van der Waals surface area contributed by atoms with Gasteiger partial charge in [0, 0.05) is 36.1 Å². The van der Waals surface area contributed by atoms with Crippen molar-refractivity contribution < 1.29 is 14.7 Å². The van der Waals surface area contributed by atoms with Crippen molar-refractivity contribution in [1.82, 2.24) is 15.1 Å². The van der Waals surface area contributed by atoms with Gasteiger partial charge < -0.3 is 15.3 Å². The number of likely N-dealkylation sites (N-methyl/N-ethyl adjacent to an activating group) is 1. The van der Waals surface area contributed by atoms with Crippen LogP contribution in [0.1, 0.15) is 39.2 Å². The Morgan fingerprint density at radius 2 is 1.93 bits per heavy atom. The summed E-state index contributed by atoms with van der Waals surface area (Å²) in [6.07, 6.45) is 1.59. The zero-order valence-electron chi connectivity index (χ0n) is 16.4. The summed E-state index contributed by atoms with van der Waals surface area (Å²) in [5.74, 6) is -0.807. The van der Waals surface area contributed by atoms with Gasteiger partial charge in [-0.05, 0) is 31.0 Å². The molecule has 2 rings (SSSR count). The van der Waals surface area contributed by atoms with Gasteiger partial charge in [0.1, 0.15) is 0 Å². The van der Waals surface area contributed by atoms with Crippen LogP contribution in [0.15, 0.2) is 24.3 Å². The third kappa shape index (κ3) is 5.84. The summed E-state index contributed by atoms with van der Waals surface area (Å²) in [6, 6.07) is 7.84. The molecule has 0 spiro atoms. The average Bonchev–Trinajstić information content (AvgIpc) is 2.64. The number of urea groups is 1. The number of likely N-dealkylation sites (tertiary alicyclic amines) is 1. The Morgan fingerprint density at radius 3 is 2.48 bits per heavy atom. The third-order valence-corrected chi connectivity index (χ3v) is 5.63. The molecule has 1 aliphatic heterocycles. The van der Waals surface area contributed by atoms with Gasteiger partial charge in [-0.25, -0.2) is 4.79 Å². The number of piperidine rings is 1. The Hall–Kier alpha value is -1.79. The highest BCUT2D eigenvalue weighted by molar-refractivity contribution is 6.31. The van der Waals surface area contributed by atoms with Crippen molar-refractivity contribution in [1.29, 1.82) is 0 Å². The van der Waals surface area contributed by atoms with Crippen LogP contribution in [0.2, 0.25) is 5.02 Å². The van der Waals surface area contributed by atoms with E-state index < -0.39 is 5.97 Å². The molecule has 1 aromatic carbocycles. The Kier molecular flexibility index (Phi) is 7.50. The van der Waals surface area contributed by atoms with Crippen molar-refractivity contribution in [3.63, 3.8) is 0 Å². The molecule has 1 heterocycles. The Balaban J connectivity index is 1.86. The van der Waals surface area contributed by atoms with Crippen molar-refractivity contribution >= 4 is 23.6 Å². The fourth-order valence-corrected chi connectivity index (χ4v) is 4.01. The first-order valence-electron chi connectivity index (χ1n) is 9.48. The van der Waals surface area contributed by atoms with E-state index in [1.54, 1.807) is 0 Å². The van der Waals surface area contributed by atoms with Crippen LogP contribution in [-0.4, -0.2) is 65.7 Å². The number of amides is 2. The van der Waals surface area contributed by atoms with E-state index in [4.69, 9.17) is 16.7 Å². The lowest BCUT2D eigenvalue weighted by molar-refractivity contribution is -0.139. The first-order chi connectivity index (χ1) is 12.7. The molecule has 1 aromatic rings. The van der Waals surface area contributed by atoms with Crippen LogP contribution in [0, 0.1) is 0 Å². The molecule has 0 bridgehead atoms. The minimum Gasteiger partial charge on any atom is -0.480 e. The lowest BCUT2D eigenvalue weighted by Crippen LogP contribution is -2.51. The number of nitrogens with zero attached hydrogens (tertiary/aromatic N) is 2. The number of nitrogens with one attached hydrogen (secondary N) is 1. The third-order valence-electron chi connectivity index (χ3n) is 5.30. The minimum absolute atomic E-state index is 0.0549. The molecule has 1 saturated heterocycles. The number of carboxylic acids is 1. The average molecular weight is 396 g/mol. The van der Waals surface area contributed by atoms with E-state index in [1.807, 2.05) is 41.0 Å². The number of benzene rings is 1. The van der Waals surface area contributed by atoms with E-state index >= 15 is 0 Å². The van der Waals surface area contributed by atoms with Crippen LogP contribution in [-0.2, 0) is 10.2 Å². The number of halogens is 1. The van der Waals surface area contributed by atoms with Gasteiger partial charge in [-0.3, -0.25) is 9.69 Å². The molecular weight excluding hydrogens is 366 g/mol. The molecule has 2 amide bonds. The maximum absolute atomic E-state index is 12.6. The highest BCUT2D eigenvalue weighted by atomic mass is 35.5. The SMILES string of the molecule is CCN(CC(=O)O)C1CCN(C(=O)NCC(C)(C)c2ccccc2Cl)CC1. The standard InChI is InChI=1S/C20H30ClN3O3/c1-4-23(13-18(25)26)15-9-11-24(12-10-15)19(27)22-14-20(2,3)16-7-5-6-8-17(16)21/h5-8,15H,4,9-14H2,1-3H3,(H,22,27)(H,25,26). The Bertz CT molecular complexity index is 658. The van der Waals surface area contributed by atoms with Crippen molar-refractivity contribution in [2.75, 3.05) is 32.7 Å². The summed E-state index contributed by atoms with van der Waals surface area (Å²) in [4.78, 5) is 27.3. The summed E-state index contributed by atoms with van der Waals surface area (Å²) in [6.45, 7) is 8.62. The maximum atomic E-state index is 12.6. The number of hydrogen-bond acceptors (Lipinski definition) is 3. The van der Waals surface area contributed by atoms with Crippen LogP contribution in [0.5, 0.6) is 0 Å². The summed E-state index contributed by atoms with van der Waals surface area (Å²) in [7, 11) is 0. The largest absolute Gasteiger partial charge is 0.480 e. The van der Waals surface area contributed by atoms with Gasteiger partial charge >= 0.3 is 12.0 Å². The zero-order chi connectivity index (χ0) is 20.0. The van der Waals surface area contributed by atoms with Crippen LogP contribution >= 0.6 is 11.6 Å². The number of hydrogen-bond donors (Lipinski definition) is 2. The number of aliphatic carboxylic acids is 1. The summed E-state index contributed by atoms with van der Waals surface area (Å²) in [5.41, 5.74) is 0.741. The number of carboxylic acid groups (broad SMARTS) is 1. The van der Waals surface area contributed by atoms with Gasteiger partial charge in [0.05, 0.1) is 6.54 Å². The molecule has 0 aromatic heterocycles. The van der Waals surface area contributed by atoms with Crippen LogP contribution in [0.4, 0.5) is 4.79 Å². The Labute approximate surface area is 166 Å². The van der Waals surface area contributed by atoms with Crippen LogP contribution < -0.4 is 5.32 Å². The molecule has 0 radical (unpaired) electrons. The molecule has 2 N–H and O–H groups in total. The Morgan fingerprint density at radius 1 is 1.30 bits per heavy atom. The van der Waals surface area contributed by atoms with Crippen LogP contribution in [0.25, 0.3) is 0 Å². The quantitative estimate of drug-likeness (QED) is 0.743. The maximum Gasteiger partial charge on any atom is 0.317 e. The predicted molar refractivity (Wildman–Crippen MR) is 107 cm³/mol. The van der Waals surface area contributed by atoms with Crippen molar-refractivity contribution in [3.8, 4) is 0 Å². The van der Waals surface area contributed by atoms with Gasteiger partial charge in [-0.2, -0.15) is 0 Å². The second kappa shape index (κ2) is 9.42. The lowest BCUT2D eigenvalue weighted by Gasteiger charge is -2.38. The first-order valence-corrected chi connectivity index (χ1v) is 9.86. The number of carbonyl (C=O) groups is 2. The molecule has 0 unspecified atom stereocenters. The summed E-state index contributed by atoms with van der Waals surface area (Å²) < 4.78 is 0. The molecular formula is C20H30ClN3O3. The van der Waals surface area contributed by atoms with E-state index in [-0.39, 0.29) is 24.0 Å². The molecule has 0 atom stereocenters. The molecule has 150 valence electrons. The van der Waals surface area contributed by atoms with E-state index in [9.17, 15) is 9.59 Å². The van der Waals surface area contributed by atoms with E-state index in [2.05, 4.69) is 19.2 Å². The second-order valence-corrected chi connectivity index (χ2v) is 8.10. The van der Waals surface area contributed by atoms with E-state index in [0.717, 1.165) is 18.4 Å². The number of carbonyl (C=O) groups excluding carboxylic acids is 1. The molecule has 7 heteroatoms. The monoisotopic (exact) mass is 395 g/mol. The van der Waals surface area contributed by atoms with Gasteiger partial charge in [-0.1, -0.05) is 50.6 Å². The van der Waals surface area contributed by atoms with Gasteiger partial charge in [0.2, 0.25) is 0 Å². The van der Waals surface area contributed by atoms with Crippen molar-refractivity contribution in [2.24, 2.45) is 0 Å². The molecule has 1 fully saturated rings. The normalized spacial score (nSPS) is 15.8. The predicted octanol–water partition coefficient (Wildman–Crippen LogP) is 3.20. The van der Waals surface area contributed by atoms with Crippen LogP contribution in [0.3, 0.4) is 0 Å². The van der Waals surface area contributed by atoms with Crippen molar-refractivity contribution in [3.05, 3.63) is 34.9 Å². The smallest absolute Gasteiger partial charge is 0.317 e. The summed E-state index contributed by atoms with van der Waals surface area (Å²) in [5, 5.41) is 12.8. The highest BCUT2D eigenvalue weighted by Crippen LogP contribution is 2.29. The molecule has 0 saturated carbocycles. The lowest BCUT2D eigenvalue weighted by atomic mass is 9.84. The fourth-order valence-electron chi connectivity index (χ4n) is 3.62. The van der Waals surface area contributed by atoms with E-state index in [0.29, 0.717) is 31.2 Å². The van der Waals surface area contributed by atoms with Gasteiger partial charge in [0.15, 0.2) is 0 Å². The van der Waals surface area contributed by atoms with Crippen molar-refractivity contribution in [2.45, 2.75) is 45.1 Å².